The molecule has 0 aromatic carbocycles. The molecule has 0 amide bonds. The van der Waals surface area contributed by atoms with Gasteiger partial charge in [0.2, 0.25) is 0 Å². The van der Waals surface area contributed by atoms with Crippen molar-refractivity contribution < 1.29 is 9.76 Å². The van der Waals surface area contributed by atoms with Gasteiger partial charge in [-0.25, -0.2) is 0 Å². The molecule has 0 aliphatic heterocycles. The molecule has 3 fully saturated rings. The van der Waals surface area contributed by atoms with Gasteiger partial charge in [-0.3, -0.25) is 0 Å². The van der Waals surface area contributed by atoms with Gasteiger partial charge >= 0.3 is 7.48 Å². The van der Waals surface area contributed by atoms with Crippen LogP contribution >= 0.6 is 0 Å². The lowest BCUT2D eigenvalue weighted by atomic mass is 9.43. The third-order valence-corrected chi connectivity index (χ3v) is 5.49. The molecule has 3 nitrogen and oxygen atoms in total. The molecule has 3 N–H and O–H groups in total. The van der Waals surface area contributed by atoms with Crippen LogP contribution in [-0.4, -0.2) is 30.2 Å². The van der Waals surface area contributed by atoms with Crippen molar-refractivity contribution in [2.75, 3.05) is 0 Å². The summed E-state index contributed by atoms with van der Waals surface area (Å²) < 4.78 is 5.86. The average Bonchev–Trinajstić information content (AvgIpc) is 2.24. The molecule has 3 aliphatic carbocycles. The summed E-state index contributed by atoms with van der Waals surface area (Å²) in [5.74, 6) is 1.55. The van der Waals surface area contributed by atoms with Crippen LogP contribution < -0.4 is 5.73 Å². The lowest BCUT2D eigenvalue weighted by Crippen LogP contribution is -2.67. The molecule has 3 rings (SSSR count). The van der Waals surface area contributed by atoms with Gasteiger partial charge in [-0.15, -0.1) is 0 Å². The molecule has 1 unspecified atom stereocenters. The van der Waals surface area contributed by atoms with Gasteiger partial charge in [0.05, 0.1) is 11.7 Å². The summed E-state index contributed by atoms with van der Waals surface area (Å²) in [6.45, 7) is 10.8. The first-order valence-electron chi connectivity index (χ1n) is 7.62. The topological polar surface area (TPSA) is 55.5 Å². The van der Waals surface area contributed by atoms with Gasteiger partial charge in [-0.1, -0.05) is 27.7 Å². The van der Waals surface area contributed by atoms with Crippen molar-refractivity contribution in [3.8, 4) is 0 Å². The van der Waals surface area contributed by atoms with E-state index in [9.17, 15) is 5.11 Å². The number of aliphatic hydroxyl groups is 1. The third-order valence-electron chi connectivity index (χ3n) is 5.49. The monoisotopic (exact) mass is 266 g/mol. The van der Waals surface area contributed by atoms with Crippen LogP contribution in [0.3, 0.4) is 0 Å². The molecule has 0 saturated heterocycles. The van der Waals surface area contributed by atoms with E-state index in [1.807, 2.05) is 6.92 Å². The fourth-order valence-corrected chi connectivity index (χ4v) is 4.12. The first kappa shape index (κ1) is 15.3. The quantitative estimate of drug-likeness (QED) is 0.749. The zero-order valence-electron chi connectivity index (χ0n) is 13.0. The van der Waals surface area contributed by atoms with Gasteiger partial charge in [0.15, 0.2) is 0 Å². The highest BCUT2D eigenvalue weighted by Crippen LogP contribution is 2.63. The van der Waals surface area contributed by atoms with Gasteiger partial charge in [0, 0.05) is 5.94 Å². The maximum absolute atomic E-state index is 10.8. The van der Waals surface area contributed by atoms with E-state index in [0.717, 1.165) is 19.3 Å². The normalized spacial score (nSPS) is 41.8. The Morgan fingerprint density at radius 3 is 2.42 bits per heavy atom. The van der Waals surface area contributed by atoms with Crippen molar-refractivity contribution in [2.24, 2.45) is 28.9 Å². The molecular formula is C15H29BNO2. The van der Waals surface area contributed by atoms with E-state index in [1.165, 1.54) is 0 Å². The first-order chi connectivity index (χ1) is 8.65. The Labute approximate surface area is 118 Å². The van der Waals surface area contributed by atoms with E-state index in [4.69, 9.17) is 10.4 Å². The summed E-state index contributed by atoms with van der Waals surface area (Å²) in [7, 11) is 1.75. The second-order valence-corrected chi connectivity index (χ2v) is 7.82. The third kappa shape index (κ3) is 2.72. The van der Waals surface area contributed by atoms with Crippen LogP contribution in [0.4, 0.5) is 0 Å². The Bertz CT molecular complexity index is 330. The van der Waals surface area contributed by atoms with Crippen molar-refractivity contribution in [1.82, 2.24) is 0 Å². The van der Waals surface area contributed by atoms with Gasteiger partial charge in [-0.2, -0.15) is 0 Å². The number of rotatable bonds is 5. The second-order valence-electron chi connectivity index (χ2n) is 7.82. The Morgan fingerprint density at radius 1 is 1.32 bits per heavy atom. The van der Waals surface area contributed by atoms with E-state index < -0.39 is 5.60 Å². The molecule has 0 aromatic rings. The zero-order chi connectivity index (χ0) is 14.4. The van der Waals surface area contributed by atoms with Crippen LogP contribution in [0.25, 0.3) is 0 Å². The van der Waals surface area contributed by atoms with Gasteiger partial charge < -0.3 is 15.5 Å². The molecule has 3 saturated carbocycles. The number of nitrogens with two attached hydrogens (primary N) is 1. The highest BCUT2D eigenvalue weighted by molar-refractivity contribution is 6.29. The summed E-state index contributed by atoms with van der Waals surface area (Å²) in [6.07, 6.45) is 2.91. The molecule has 3 aliphatic rings. The van der Waals surface area contributed by atoms with E-state index in [2.05, 4.69) is 27.7 Å². The highest BCUT2D eigenvalue weighted by Gasteiger charge is 2.63. The summed E-state index contributed by atoms with van der Waals surface area (Å²) in [4.78, 5) is 0. The Kier molecular flexibility index (Phi) is 4.08. The predicted molar refractivity (Wildman–Crippen MR) is 78.7 cm³/mol. The van der Waals surface area contributed by atoms with Crippen LogP contribution in [0.1, 0.15) is 53.9 Å². The van der Waals surface area contributed by atoms with Gasteiger partial charge in [-0.05, 0) is 49.4 Å². The van der Waals surface area contributed by atoms with Gasteiger partial charge in [0.25, 0.3) is 0 Å². The number of hydrogen-bond donors (Lipinski definition) is 2. The Balaban J connectivity index is 1.89. The smallest absolute Gasteiger partial charge is 0.311 e. The molecule has 0 heterocycles. The van der Waals surface area contributed by atoms with Crippen LogP contribution in [-0.2, 0) is 4.65 Å². The van der Waals surface area contributed by atoms with Gasteiger partial charge in [0.1, 0.15) is 0 Å². The molecule has 0 aromatic heterocycles. The fourth-order valence-electron chi connectivity index (χ4n) is 4.12. The SMILES string of the molecule is CC(C)C[C@H](N)[B]OC1C[C@@H]2C[C@@H](C2(C)C)[C@]1(C)O. The molecule has 2 bridgehead atoms. The van der Waals surface area contributed by atoms with Crippen molar-refractivity contribution in [2.45, 2.75) is 71.5 Å². The van der Waals surface area contributed by atoms with E-state index in [-0.39, 0.29) is 17.5 Å². The van der Waals surface area contributed by atoms with E-state index >= 15 is 0 Å². The highest BCUT2D eigenvalue weighted by atomic mass is 16.5. The van der Waals surface area contributed by atoms with Crippen molar-refractivity contribution in [3.05, 3.63) is 0 Å². The molecular weight excluding hydrogens is 237 g/mol. The summed E-state index contributed by atoms with van der Waals surface area (Å²) in [6, 6.07) is 0. The summed E-state index contributed by atoms with van der Waals surface area (Å²) >= 11 is 0. The standard InChI is InChI=1S/C15H29BNO2/c1-9(2)6-13(17)16-19-12-8-10-7-11(14(10,3)4)15(12,5)18/h9-13,18H,6-8,17H2,1-5H3/t10-,11-,12?,13-,15-/m0/s1. The minimum atomic E-state index is -0.730. The Morgan fingerprint density at radius 2 is 1.95 bits per heavy atom. The van der Waals surface area contributed by atoms with Crippen LogP contribution in [0.5, 0.6) is 0 Å². The maximum atomic E-state index is 10.8. The van der Waals surface area contributed by atoms with E-state index in [1.54, 1.807) is 7.48 Å². The second kappa shape index (κ2) is 5.05. The summed E-state index contributed by atoms with van der Waals surface area (Å²) in [5.41, 5.74) is 5.54. The average molecular weight is 266 g/mol. The zero-order valence-corrected chi connectivity index (χ0v) is 13.0. The molecule has 5 atom stereocenters. The fraction of sp³-hybridized carbons (Fsp3) is 1.00. The van der Waals surface area contributed by atoms with Crippen LogP contribution in [0, 0.1) is 23.2 Å². The minimum Gasteiger partial charge on any atom is -0.433 e. The lowest BCUT2D eigenvalue weighted by Gasteiger charge is -2.65. The van der Waals surface area contributed by atoms with E-state index in [0.29, 0.717) is 17.8 Å². The molecule has 1 radical (unpaired) electrons. The number of hydrogen-bond acceptors (Lipinski definition) is 3. The van der Waals surface area contributed by atoms with Crippen LogP contribution in [0.15, 0.2) is 0 Å². The lowest BCUT2D eigenvalue weighted by molar-refractivity contribution is -0.239. The predicted octanol–water partition coefficient (Wildman–Crippen LogP) is 2.14. The van der Waals surface area contributed by atoms with Crippen molar-refractivity contribution >= 4 is 7.48 Å². The molecule has 19 heavy (non-hydrogen) atoms. The number of fused-ring (bicyclic) bond motifs is 2. The minimum absolute atomic E-state index is 0.0398. The van der Waals surface area contributed by atoms with Crippen molar-refractivity contribution in [1.29, 1.82) is 0 Å². The summed E-state index contributed by atoms with van der Waals surface area (Å²) in [5, 5.41) is 10.8. The maximum Gasteiger partial charge on any atom is 0.311 e. The molecule has 4 heteroatoms. The Hall–Kier alpha value is -0.0551. The largest absolute Gasteiger partial charge is 0.433 e. The molecule has 0 spiro atoms. The van der Waals surface area contributed by atoms with Crippen LogP contribution in [0.2, 0.25) is 0 Å². The molecule has 109 valence electrons. The first-order valence-corrected chi connectivity index (χ1v) is 7.62. The van der Waals surface area contributed by atoms with Crippen molar-refractivity contribution in [3.63, 3.8) is 0 Å².